The molecule has 0 aromatic rings. The molecular formula is C67H106O6. The van der Waals surface area contributed by atoms with Gasteiger partial charge in [-0.2, -0.15) is 0 Å². The van der Waals surface area contributed by atoms with Crippen LogP contribution in [0, 0.1) is 0 Å². The van der Waals surface area contributed by atoms with E-state index in [1.165, 1.54) is 25.7 Å². The number of unbranched alkanes of at least 4 members (excludes halogenated alkanes) is 16. The van der Waals surface area contributed by atoms with Crippen molar-refractivity contribution in [3.63, 3.8) is 0 Å². The second-order valence-corrected chi connectivity index (χ2v) is 18.8. The summed E-state index contributed by atoms with van der Waals surface area (Å²) in [5.41, 5.74) is 0. The zero-order valence-electron chi connectivity index (χ0n) is 46.8. The van der Waals surface area contributed by atoms with Crippen LogP contribution < -0.4 is 0 Å². The molecule has 0 aromatic heterocycles. The number of hydrogen-bond acceptors (Lipinski definition) is 6. The molecule has 0 N–H and O–H groups in total. The van der Waals surface area contributed by atoms with Crippen molar-refractivity contribution in [1.82, 2.24) is 0 Å². The molecule has 0 aliphatic carbocycles. The zero-order valence-corrected chi connectivity index (χ0v) is 46.8. The van der Waals surface area contributed by atoms with Crippen LogP contribution in [-0.4, -0.2) is 37.2 Å². The van der Waals surface area contributed by atoms with E-state index < -0.39 is 6.10 Å². The van der Waals surface area contributed by atoms with Crippen LogP contribution in [0.5, 0.6) is 0 Å². The summed E-state index contributed by atoms with van der Waals surface area (Å²) >= 11 is 0. The fourth-order valence-electron chi connectivity index (χ4n) is 7.53. The van der Waals surface area contributed by atoms with E-state index in [0.717, 1.165) is 173 Å². The van der Waals surface area contributed by atoms with Crippen LogP contribution in [0.4, 0.5) is 0 Å². The predicted molar refractivity (Wildman–Crippen MR) is 315 cm³/mol. The Balaban J connectivity index is 4.47. The van der Waals surface area contributed by atoms with Crippen molar-refractivity contribution in [3.8, 4) is 0 Å². The zero-order chi connectivity index (χ0) is 52.9. The summed E-state index contributed by atoms with van der Waals surface area (Å²) in [4.78, 5) is 38.2. The van der Waals surface area contributed by atoms with Crippen LogP contribution in [0.2, 0.25) is 0 Å². The molecule has 6 nitrogen and oxygen atoms in total. The molecule has 0 rings (SSSR count). The van der Waals surface area contributed by atoms with Gasteiger partial charge in [0.25, 0.3) is 0 Å². The van der Waals surface area contributed by atoms with Gasteiger partial charge in [-0.05, 0) is 135 Å². The molecular weight excluding hydrogens is 901 g/mol. The fraction of sp³-hybridized carbons (Fsp3) is 0.597. The number of carbonyl (C=O) groups is 3. The number of ether oxygens (including phenoxy) is 3. The van der Waals surface area contributed by atoms with Crippen LogP contribution >= 0.6 is 0 Å². The van der Waals surface area contributed by atoms with Crippen molar-refractivity contribution in [2.75, 3.05) is 13.2 Å². The minimum Gasteiger partial charge on any atom is -0.462 e. The lowest BCUT2D eigenvalue weighted by atomic mass is 10.1. The van der Waals surface area contributed by atoms with Gasteiger partial charge in [0.05, 0.1) is 0 Å². The second-order valence-electron chi connectivity index (χ2n) is 18.8. The average molecular weight is 1010 g/mol. The largest absolute Gasteiger partial charge is 0.462 e. The van der Waals surface area contributed by atoms with Crippen LogP contribution in [0.25, 0.3) is 0 Å². The van der Waals surface area contributed by atoms with Crippen LogP contribution in [0.15, 0.2) is 146 Å². The molecule has 1 unspecified atom stereocenters. The van der Waals surface area contributed by atoms with Crippen LogP contribution in [-0.2, 0) is 28.6 Å². The number of esters is 3. The lowest BCUT2D eigenvalue weighted by Crippen LogP contribution is -2.30. The number of rotatable bonds is 51. The molecule has 0 bridgehead atoms. The maximum Gasteiger partial charge on any atom is 0.306 e. The Kier molecular flexibility index (Phi) is 56.0. The summed E-state index contributed by atoms with van der Waals surface area (Å²) in [6.45, 7) is 6.25. The molecule has 410 valence electrons. The Bertz CT molecular complexity index is 1630. The van der Waals surface area contributed by atoms with Gasteiger partial charge in [0.15, 0.2) is 6.10 Å². The highest BCUT2D eigenvalue weighted by atomic mass is 16.6. The van der Waals surface area contributed by atoms with E-state index in [2.05, 4.69) is 167 Å². The summed E-state index contributed by atoms with van der Waals surface area (Å²) in [6, 6.07) is 0. The maximum absolute atomic E-state index is 12.9. The van der Waals surface area contributed by atoms with Gasteiger partial charge in [0.2, 0.25) is 0 Å². The van der Waals surface area contributed by atoms with E-state index in [-0.39, 0.29) is 37.5 Å². The summed E-state index contributed by atoms with van der Waals surface area (Å²) in [5.74, 6) is -0.962. The normalized spacial score (nSPS) is 13.2. The van der Waals surface area contributed by atoms with Crippen molar-refractivity contribution in [3.05, 3.63) is 146 Å². The van der Waals surface area contributed by atoms with Crippen LogP contribution in [0.1, 0.15) is 239 Å². The molecule has 73 heavy (non-hydrogen) atoms. The summed E-state index contributed by atoms with van der Waals surface area (Å²) in [6.07, 6.45) is 85.5. The number of hydrogen-bond donors (Lipinski definition) is 0. The monoisotopic (exact) mass is 1010 g/mol. The smallest absolute Gasteiger partial charge is 0.306 e. The van der Waals surface area contributed by atoms with E-state index in [0.29, 0.717) is 12.8 Å². The minimum atomic E-state index is -0.811. The highest BCUT2D eigenvalue weighted by Gasteiger charge is 2.19. The maximum atomic E-state index is 12.9. The Hall–Kier alpha value is -4.71. The predicted octanol–water partition coefficient (Wildman–Crippen LogP) is 20.0. The number of allylic oxidation sites excluding steroid dienone is 24. The van der Waals surface area contributed by atoms with E-state index in [1.807, 2.05) is 0 Å². The summed E-state index contributed by atoms with van der Waals surface area (Å²) in [5, 5.41) is 0. The van der Waals surface area contributed by atoms with Crippen molar-refractivity contribution in [2.45, 2.75) is 245 Å². The molecule has 0 radical (unpaired) electrons. The van der Waals surface area contributed by atoms with Crippen molar-refractivity contribution >= 4 is 17.9 Å². The lowest BCUT2D eigenvalue weighted by molar-refractivity contribution is -0.167. The van der Waals surface area contributed by atoms with Gasteiger partial charge in [0, 0.05) is 19.3 Å². The van der Waals surface area contributed by atoms with Gasteiger partial charge >= 0.3 is 17.9 Å². The van der Waals surface area contributed by atoms with E-state index in [9.17, 15) is 14.4 Å². The Morgan fingerprint density at radius 3 is 0.767 bits per heavy atom. The molecule has 0 spiro atoms. The molecule has 0 aliphatic heterocycles. The standard InChI is InChI=1S/C67H106O6/c1-4-7-10-13-16-19-22-25-28-30-31-32-33-34-35-37-39-42-45-48-51-54-57-60-66(69)72-63-64(62-71-65(68)59-56-53-50-47-44-41-38-27-24-21-18-15-12-9-6-3)73-67(70)61-58-55-52-49-46-43-40-36-29-26-23-20-17-14-11-8-5-2/h7-12,16-21,25-29,31-32,34-35,38,40,43,64H,4-6,13-15,22-24,30,33,36-37,39,41-42,44-63H2,1-3H3/b10-7-,11-8-,12-9-,19-16-,20-17-,21-18-,28-25-,29-26-,32-31-,35-34-,38-27-,43-40-. The highest BCUT2D eigenvalue weighted by Crippen LogP contribution is 2.14. The third kappa shape index (κ3) is 58.1. The topological polar surface area (TPSA) is 78.9 Å². The molecule has 0 heterocycles. The molecule has 0 amide bonds. The minimum absolute atomic E-state index is 0.106. The lowest BCUT2D eigenvalue weighted by Gasteiger charge is -2.18. The summed E-state index contributed by atoms with van der Waals surface area (Å²) in [7, 11) is 0. The third-order valence-corrected chi connectivity index (χ3v) is 11.8. The molecule has 0 fully saturated rings. The Morgan fingerprint density at radius 2 is 0.493 bits per heavy atom. The molecule has 0 aliphatic rings. The first kappa shape index (κ1) is 68.3. The first-order chi connectivity index (χ1) is 36.0. The summed E-state index contributed by atoms with van der Waals surface area (Å²) < 4.78 is 16.8. The quantitative estimate of drug-likeness (QED) is 0.0261. The van der Waals surface area contributed by atoms with Crippen LogP contribution in [0.3, 0.4) is 0 Å². The molecule has 6 heteroatoms. The van der Waals surface area contributed by atoms with Gasteiger partial charge in [-0.15, -0.1) is 0 Å². The third-order valence-electron chi connectivity index (χ3n) is 11.8. The van der Waals surface area contributed by atoms with E-state index in [1.54, 1.807) is 0 Å². The van der Waals surface area contributed by atoms with Gasteiger partial charge in [0.1, 0.15) is 13.2 Å². The van der Waals surface area contributed by atoms with Gasteiger partial charge in [-0.25, -0.2) is 0 Å². The van der Waals surface area contributed by atoms with Gasteiger partial charge in [-0.3, -0.25) is 14.4 Å². The SMILES string of the molecule is CC/C=C\C/C=C\C/C=C\C/C=C\C/C=C\CCCCCCCCCC(=O)OCC(COC(=O)CCCCCCC/C=C\C/C=C\C/C=C\CC)OC(=O)CCCCCC/C=C\C/C=C\C/C=C\C/C=C\CC. The van der Waals surface area contributed by atoms with E-state index >= 15 is 0 Å². The first-order valence-corrected chi connectivity index (χ1v) is 29.3. The number of carbonyl (C=O) groups excluding carboxylic acids is 3. The van der Waals surface area contributed by atoms with Gasteiger partial charge < -0.3 is 14.2 Å². The van der Waals surface area contributed by atoms with Crippen molar-refractivity contribution in [2.24, 2.45) is 0 Å². The van der Waals surface area contributed by atoms with E-state index in [4.69, 9.17) is 14.2 Å². The van der Waals surface area contributed by atoms with Crippen molar-refractivity contribution < 1.29 is 28.6 Å². The Morgan fingerprint density at radius 1 is 0.274 bits per heavy atom. The Labute approximate surface area is 448 Å². The fourth-order valence-corrected chi connectivity index (χ4v) is 7.53. The average Bonchev–Trinajstić information content (AvgIpc) is 3.39. The molecule has 0 aromatic carbocycles. The highest BCUT2D eigenvalue weighted by molar-refractivity contribution is 5.71. The van der Waals surface area contributed by atoms with Gasteiger partial charge in [-0.1, -0.05) is 231 Å². The molecule has 1 atom stereocenters. The first-order valence-electron chi connectivity index (χ1n) is 29.3. The second kappa shape index (κ2) is 59.8. The molecule has 0 saturated heterocycles. The molecule has 0 saturated carbocycles. The van der Waals surface area contributed by atoms with Crippen molar-refractivity contribution in [1.29, 1.82) is 0 Å².